The molecule has 1 fully saturated rings. The smallest absolute Gasteiger partial charge is 0.335 e. The Labute approximate surface area is 118 Å². The second kappa shape index (κ2) is 4.86. The monoisotopic (exact) mass is 276 g/mol. The van der Waals surface area contributed by atoms with Gasteiger partial charge in [0.2, 0.25) is 0 Å². The molecule has 0 radical (unpaired) electrons. The maximum Gasteiger partial charge on any atom is 0.335 e. The minimum Gasteiger partial charge on any atom is -0.478 e. The molecule has 1 aliphatic heterocycles. The van der Waals surface area contributed by atoms with Gasteiger partial charge in [0.05, 0.1) is 5.56 Å². The van der Waals surface area contributed by atoms with E-state index in [4.69, 9.17) is 0 Å². The zero-order chi connectivity index (χ0) is 13.5. The molecule has 0 saturated heterocycles. The lowest BCUT2D eigenvalue weighted by Gasteiger charge is -2.42. The van der Waals surface area contributed by atoms with Crippen LogP contribution in [0.3, 0.4) is 0 Å². The molecule has 0 amide bonds. The zero-order valence-corrected chi connectivity index (χ0v) is 12.2. The zero-order valence-electron chi connectivity index (χ0n) is 11.4. The molecule has 1 spiro atoms. The second-order valence-electron chi connectivity index (χ2n) is 5.86. The molecule has 3 rings (SSSR count). The van der Waals surface area contributed by atoms with Crippen molar-refractivity contribution < 1.29 is 9.90 Å². The fourth-order valence-electron chi connectivity index (χ4n) is 3.76. The molecule has 0 bridgehead atoms. The van der Waals surface area contributed by atoms with Gasteiger partial charge >= 0.3 is 5.97 Å². The third kappa shape index (κ3) is 2.08. The van der Waals surface area contributed by atoms with E-state index in [9.17, 15) is 9.90 Å². The number of rotatable bonds is 1. The quantitative estimate of drug-likeness (QED) is 0.826. The number of fused-ring (bicyclic) bond motifs is 2. The molecule has 1 N–H and O–H groups in total. The molecule has 1 aliphatic carbocycles. The van der Waals surface area contributed by atoms with Crippen molar-refractivity contribution in [1.29, 1.82) is 0 Å². The fraction of sp³-hybridized carbons (Fsp3) is 0.562. The number of carboxylic acids is 1. The van der Waals surface area contributed by atoms with Gasteiger partial charge in [0.15, 0.2) is 0 Å². The van der Waals surface area contributed by atoms with Crippen molar-refractivity contribution in [3.8, 4) is 0 Å². The van der Waals surface area contributed by atoms with Crippen molar-refractivity contribution >= 4 is 17.7 Å². The Bertz CT molecular complexity index is 516. The van der Waals surface area contributed by atoms with Crippen molar-refractivity contribution in [2.24, 2.45) is 0 Å². The standard InChI is InChI=1S/C16H20O2S/c1-11-12(15(17)18)5-6-13-14(11)19-10-9-16(13)7-3-2-4-8-16/h5-6H,2-4,7-10H2,1H3,(H,17,18). The summed E-state index contributed by atoms with van der Waals surface area (Å²) in [5, 5.41) is 9.26. The summed E-state index contributed by atoms with van der Waals surface area (Å²) in [6.07, 6.45) is 7.83. The molecule has 102 valence electrons. The van der Waals surface area contributed by atoms with Gasteiger partial charge in [-0.2, -0.15) is 0 Å². The number of aromatic carboxylic acids is 1. The normalized spacial score (nSPS) is 21.1. The molecule has 19 heavy (non-hydrogen) atoms. The Morgan fingerprint density at radius 3 is 2.63 bits per heavy atom. The van der Waals surface area contributed by atoms with Crippen molar-refractivity contribution in [3.05, 3.63) is 28.8 Å². The summed E-state index contributed by atoms with van der Waals surface area (Å²) in [6.45, 7) is 1.97. The highest BCUT2D eigenvalue weighted by molar-refractivity contribution is 7.99. The summed E-state index contributed by atoms with van der Waals surface area (Å²) < 4.78 is 0. The van der Waals surface area contributed by atoms with E-state index in [0.29, 0.717) is 11.0 Å². The Hall–Kier alpha value is -0.960. The van der Waals surface area contributed by atoms with E-state index in [0.717, 1.165) is 11.3 Å². The molecule has 3 heteroatoms. The van der Waals surface area contributed by atoms with Gasteiger partial charge in [-0.05, 0) is 54.5 Å². The Balaban J connectivity index is 2.11. The molecule has 0 atom stereocenters. The Morgan fingerprint density at radius 1 is 1.21 bits per heavy atom. The fourth-order valence-corrected chi connectivity index (χ4v) is 5.22. The van der Waals surface area contributed by atoms with Gasteiger partial charge in [0, 0.05) is 4.90 Å². The van der Waals surface area contributed by atoms with E-state index in [1.165, 1.54) is 49.0 Å². The third-order valence-corrected chi connectivity index (χ3v) is 6.07. The van der Waals surface area contributed by atoms with E-state index in [2.05, 4.69) is 6.07 Å². The van der Waals surface area contributed by atoms with Crippen LogP contribution in [0.15, 0.2) is 17.0 Å². The average molecular weight is 276 g/mol. The lowest BCUT2D eigenvalue weighted by molar-refractivity contribution is 0.0695. The van der Waals surface area contributed by atoms with Gasteiger partial charge < -0.3 is 5.11 Å². The predicted octanol–water partition coefficient (Wildman–Crippen LogP) is 4.39. The SMILES string of the molecule is Cc1c(C(=O)O)ccc2c1SCCC21CCCCC1. The maximum atomic E-state index is 11.3. The van der Waals surface area contributed by atoms with Crippen LogP contribution in [0.2, 0.25) is 0 Å². The van der Waals surface area contributed by atoms with Crippen molar-refractivity contribution in [3.63, 3.8) is 0 Å². The van der Waals surface area contributed by atoms with Gasteiger partial charge in [-0.15, -0.1) is 11.8 Å². The van der Waals surface area contributed by atoms with E-state index in [1.54, 1.807) is 0 Å². The average Bonchev–Trinajstić information content (AvgIpc) is 2.41. The predicted molar refractivity (Wildman–Crippen MR) is 78.2 cm³/mol. The molecule has 2 nitrogen and oxygen atoms in total. The summed E-state index contributed by atoms with van der Waals surface area (Å²) in [7, 11) is 0. The van der Waals surface area contributed by atoms with Crippen molar-refractivity contribution in [2.45, 2.75) is 55.8 Å². The van der Waals surface area contributed by atoms with Crippen LogP contribution in [0.5, 0.6) is 0 Å². The molecular weight excluding hydrogens is 256 g/mol. The molecule has 2 aliphatic rings. The van der Waals surface area contributed by atoms with Crippen LogP contribution >= 0.6 is 11.8 Å². The van der Waals surface area contributed by atoms with E-state index in [1.807, 2.05) is 24.8 Å². The van der Waals surface area contributed by atoms with Crippen LogP contribution in [-0.2, 0) is 5.41 Å². The number of benzene rings is 1. The van der Waals surface area contributed by atoms with Crippen LogP contribution in [0, 0.1) is 6.92 Å². The van der Waals surface area contributed by atoms with Gasteiger partial charge in [-0.1, -0.05) is 25.3 Å². The first-order valence-electron chi connectivity index (χ1n) is 7.14. The molecular formula is C16H20O2S. The highest BCUT2D eigenvalue weighted by atomic mass is 32.2. The number of thioether (sulfide) groups is 1. The minimum absolute atomic E-state index is 0.348. The number of carboxylic acid groups (broad SMARTS) is 1. The first-order chi connectivity index (χ1) is 9.14. The molecule has 1 saturated carbocycles. The minimum atomic E-state index is -0.802. The van der Waals surface area contributed by atoms with Gasteiger partial charge in [0.1, 0.15) is 0 Å². The van der Waals surface area contributed by atoms with Gasteiger partial charge in [-0.3, -0.25) is 0 Å². The lowest BCUT2D eigenvalue weighted by Crippen LogP contribution is -2.33. The van der Waals surface area contributed by atoms with Crippen LogP contribution in [-0.4, -0.2) is 16.8 Å². The van der Waals surface area contributed by atoms with Crippen LogP contribution in [0.4, 0.5) is 0 Å². The van der Waals surface area contributed by atoms with Crippen molar-refractivity contribution in [2.75, 3.05) is 5.75 Å². The highest BCUT2D eigenvalue weighted by Crippen LogP contribution is 2.51. The van der Waals surface area contributed by atoms with Crippen LogP contribution < -0.4 is 0 Å². The summed E-state index contributed by atoms with van der Waals surface area (Å²) in [5.74, 6) is 0.334. The second-order valence-corrected chi connectivity index (χ2v) is 6.96. The number of carbonyl (C=O) groups is 1. The van der Waals surface area contributed by atoms with Gasteiger partial charge in [-0.25, -0.2) is 4.79 Å². The molecule has 0 aromatic heterocycles. The van der Waals surface area contributed by atoms with E-state index < -0.39 is 5.97 Å². The lowest BCUT2D eigenvalue weighted by atomic mass is 9.67. The van der Waals surface area contributed by atoms with E-state index in [-0.39, 0.29) is 0 Å². The molecule has 0 unspecified atom stereocenters. The van der Waals surface area contributed by atoms with Gasteiger partial charge in [0.25, 0.3) is 0 Å². The Kier molecular flexibility index (Phi) is 3.34. The largest absolute Gasteiger partial charge is 0.478 e. The number of hydrogen-bond donors (Lipinski definition) is 1. The number of hydrogen-bond acceptors (Lipinski definition) is 2. The van der Waals surface area contributed by atoms with Crippen molar-refractivity contribution in [1.82, 2.24) is 0 Å². The first-order valence-corrected chi connectivity index (χ1v) is 8.13. The highest BCUT2D eigenvalue weighted by Gasteiger charge is 2.38. The maximum absolute atomic E-state index is 11.3. The Morgan fingerprint density at radius 2 is 1.95 bits per heavy atom. The molecule has 1 aromatic rings. The summed E-state index contributed by atoms with van der Waals surface area (Å²) in [5.41, 5.74) is 3.23. The molecule has 1 aromatic carbocycles. The van der Waals surface area contributed by atoms with E-state index >= 15 is 0 Å². The third-order valence-electron chi connectivity index (χ3n) is 4.85. The summed E-state index contributed by atoms with van der Waals surface area (Å²) >= 11 is 1.85. The summed E-state index contributed by atoms with van der Waals surface area (Å²) in [4.78, 5) is 12.5. The topological polar surface area (TPSA) is 37.3 Å². The summed E-state index contributed by atoms with van der Waals surface area (Å²) in [6, 6.07) is 3.92. The first kappa shape index (κ1) is 13.0. The molecule has 1 heterocycles. The van der Waals surface area contributed by atoms with Crippen LogP contribution in [0.1, 0.15) is 60.0 Å². The van der Waals surface area contributed by atoms with Crippen LogP contribution in [0.25, 0.3) is 0 Å².